The van der Waals surface area contributed by atoms with Gasteiger partial charge in [0.25, 0.3) is 0 Å². The van der Waals surface area contributed by atoms with Crippen molar-refractivity contribution in [2.45, 2.75) is 80.8 Å². The maximum absolute atomic E-state index is 4.04. The maximum atomic E-state index is 4.04. The Kier molecular flexibility index (Phi) is 6.90. The van der Waals surface area contributed by atoms with E-state index in [4.69, 9.17) is 0 Å². The van der Waals surface area contributed by atoms with Gasteiger partial charge in [-0.1, -0.05) is 129 Å². The van der Waals surface area contributed by atoms with Crippen LogP contribution in [0.5, 0.6) is 0 Å². The highest BCUT2D eigenvalue weighted by Crippen LogP contribution is 2.33. The predicted molar refractivity (Wildman–Crippen MR) is 160 cm³/mol. The van der Waals surface area contributed by atoms with Gasteiger partial charge in [-0.15, -0.1) is 11.5 Å². The lowest BCUT2D eigenvalue weighted by atomic mass is 9.93. The first-order valence-corrected chi connectivity index (χ1v) is 19.7. The molecule has 0 atom stereocenters. The van der Waals surface area contributed by atoms with Crippen LogP contribution in [-0.4, -0.2) is 16.1 Å². The van der Waals surface area contributed by atoms with E-state index in [1.54, 1.807) is 0 Å². The van der Waals surface area contributed by atoms with Crippen LogP contribution in [0.3, 0.4) is 0 Å². The molecule has 0 bridgehead atoms. The van der Waals surface area contributed by atoms with E-state index >= 15 is 0 Å². The SMILES string of the molecule is CC(C)(C)C(=C=c1c2ccccc2c(=C=C(C(C)(C)C)[Si](C)(C)C)c2ccccc12)[Si](C)(C)C. The summed E-state index contributed by atoms with van der Waals surface area (Å²) in [5.74, 6) is 0. The first-order chi connectivity index (χ1) is 15.4. The zero-order valence-electron chi connectivity index (χ0n) is 23.6. The Hall–Kier alpha value is -2.09. The van der Waals surface area contributed by atoms with Crippen LogP contribution in [-0.2, 0) is 0 Å². The minimum Gasteiger partial charge on any atom is -0.116 e. The average Bonchev–Trinajstić information content (AvgIpc) is 2.66. The fraction of sp³-hybridized carbons (Fsp3) is 0.438. The quantitative estimate of drug-likeness (QED) is 0.253. The van der Waals surface area contributed by atoms with Crippen LogP contribution in [0, 0.1) is 10.8 Å². The Bertz CT molecular complexity index is 1220. The molecule has 2 heteroatoms. The maximum Gasteiger partial charge on any atom is 0.0830 e. The Labute approximate surface area is 209 Å². The smallest absolute Gasteiger partial charge is 0.0830 e. The van der Waals surface area contributed by atoms with Gasteiger partial charge in [0, 0.05) is 10.4 Å². The van der Waals surface area contributed by atoms with Crippen LogP contribution in [0.2, 0.25) is 39.3 Å². The van der Waals surface area contributed by atoms with E-state index in [9.17, 15) is 0 Å². The minimum atomic E-state index is -1.58. The molecule has 0 unspecified atom stereocenters. The van der Waals surface area contributed by atoms with E-state index in [0.717, 1.165) is 0 Å². The fourth-order valence-electron chi connectivity index (χ4n) is 5.65. The molecule has 0 aromatic heterocycles. The molecule has 0 spiro atoms. The summed E-state index contributed by atoms with van der Waals surface area (Å²) in [5.41, 5.74) is 8.26. The summed E-state index contributed by atoms with van der Waals surface area (Å²) in [6.45, 7) is 28.7. The van der Waals surface area contributed by atoms with E-state index in [1.165, 1.54) is 42.4 Å². The molecule has 0 saturated carbocycles. The Morgan fingerprint density at radius 3 is 0.912 bits per heavy atom. The summed E-state index contributed by atoms with van der Waals surface area (Å²) in [6.07, 6.45) is 0. The van der Waals surface area contributed by atoms with Gasteiger partial charge in [0.15, 0.2) is 0 Å². The molecule has 0 fully saturated rings. The predicted octanol–water partition coefficient (Wildman–Crippen LogP) is 8.45. The third kappa shape index (κ3) is 5.42. The molecule has 0 N–H and O–H groups in total. The molecule has 180 valence electrons. The van der Waals surface area contributed by atoms with E-state index in [-0.39, 0.29) is 10.8 Å². The monoisotopic (exact) mass is 484 g/mol. The number of fused-ring (bicyclic) bond motifs is 2. The molecule has 3 aromatic rings. The lowest BCUT2D eigenvalue weighted by Gasteiger charge is -2.31. The average molecular weight is 485 g/mol. The third-order valence-electron chi connectivity index (χ3n) is 6.43. The zero-order chi connectivity index (χ0) is 25.7. The number of allylic oxidation sites excluding steroid dienone is 2. The number of benzene rings is 3. The zero-order valence-corrected chi connectivity index (χ0v) is 25.6. The summed E-state index contributed by atoms with van der Waals surface area (Å²) in [4.78, 5) is 0. The standard InChI is InChI=1S/C32H44Si2/c1-31(2,3)29(33(7,8)9)21-27-23-17-13-15-19-25(23)28(26-20-16-14-18-24(26)27)22-30(32(4,5)6)34(10,11)12/h13-20H,1-12H3. The van der Waals surface area contributed by atoms with Crippen molar-refractivity contribution in [3.05, 3.63) is 69.4 Å². The van der Waals surface area contributed by atoms with E-state index in [2.05, 4.69) is 141 Å². The topological polar surface area (TPSA) is 0 Å². The van der Waals surface area contributed by atoms with Crippen LogP contribution >= 0.6 is 0 Å². The van der Waals surface area contributed by atoms with Gasteiger partial charge in [-0.05, 0) is 42.8 Å². The van der Waals surface area contributed by atoms with E-state index in [1.807, 2.05) is 0 Å². The second-order valence-corrected chi connectivity index (χ2v) is 23.8. The highest BCUT2D eigenvalue weighted by Gasteiger charge is 2.30. The first kappa shape index (κ1) is 26.5. The summed E-state index contributed by atoms with van der Waals surface area (Å²) in [6, 6.07) is 17.8. The second kappa shape index (κ2) is 8.85. The van der Waals surface area contributed by atoms with Gasteiger partial charge in [0.1, 0.15) is 0 Å². The van der Waals surface area contributed by atoms with Gasteiger partial charge in [-0.3, -0.25) is 0 Å². The largest absolute Gasteiger partial charge is 0.116 e. The van der Waals surface area contributed by atoms with Crippen molar-refractivity contribution in [3.63, 3.8) is 0 Å². The van der Waals surface area contributed by atoms with Crippen molar-refractivity contribution in [2.75, 3.05) is 0 Å². The van der Waals surface area contributed by atoms with E-state index in [0.29, 0.717) is 0 Å². The molecule has 0 heterocycles. The van der Waals surface area contributed by atoms with Gasteiger partial charge in [0.05, 0.1) is 16.1 Å². The molecule has 3 aromatic carbocycles. The van der Waals surface area contributed by atoms with Crippen molar-refractivity contribution in [1.82, 2.24) is 0 Å². The van der Waals surface area contributed by atoms with Crippen molar-refractivity contribution in [3.8, 4) is 0 Å². The lowest BCUT2D eigenvalue weighted by Crippen LogP contribution is -2.33. The minimum absolute atomic E-state index is 0.0919. The first-order valence-electron chi connectivity index (χ1n) is 12.7. The molecule has 0 saturated heterocycles. The third-order valence-corrected chi connectivity index (χ3v) is 11.2. The number of hydrogen-bond donors (Lipinski definition) is 0. The van der Waals surface area contributed by atoms with Crippen LogP contribution in [0.15, 0.2) is 58.9 Å². The molecule has 3 rings (SSSR count). The van der Waals surface area contributed by atoms with Crippen molar-refractivity contribution in [1.29, 1.82) is 0 Å². The van der Waals surface area contributed by atoms with Crippen LogP contribution in [0.25, 0.3) is 33.0 Å². The summed E-state index contributed by atoms with van der Waals surface area (Å²) >= 11 is 0. The summed E-state index contributed by atoms with van der Waals surface area (Å²) in [7, 11) is -3.16. The van der Waals surface area contributed by atoms with Crippen LogP contribution in [0.4, 0.5) is 0 Å². The molecular weight excluding hydrogens is 441 g/mol. The van der Waals surface area contributed by atoms with Crippen molar-refractivity contribution >= 4 is 49.2 Å². The normalized spacial score (nSPS) is 13.1. The number of rotatable bonds is 2. The Morgan fingerprint density at radius 1 is 0.500 bits per heavy atom. The van der Waals surface area contributed by atoms with Crippen molar-refractivity contribution < 1.29 is 0 Å². The van der Waals surface area contributed by atoms with Crippen LogP contribution in [0.1, 0.15) is 41.5 Å². The van der Waals surface area contributed by atoms with E-state index < -0.39 is 16.1 Å². The molecule has 0 aliphatic carbocycles. The molecule has 0 radical (unpaired) electrons. The van der Waals surface area contributed by atoms with Gasteiger partial charge < -0.3 is 0 Å². The van der Waals surface area contributed by atoms with Gasteiger partial charge in [0.2, 0.25) is 0 Å². The molecule has 0 nitrogen and oxygen atoms in total. The fourth-order valence-corrected chi connectivity index (χ4v) is 11.1. The van der Waals surface area contributed by atoms with Gasteiger partial charge in [-0.2, -0.15) is 0 Å². The molecular formula is C32H44Si2. The van der Waals surface area contributed by atoms with Crippen LogP contribution < -0.4 is 10.4 Å². The van der Waals surface area contributed by atoms with Gasteiger partial charge >= 0.3 is 0 Å². The number of hydrogen-bond acceptors (Lipinski definition) is 0. The van der Waals surface area contributed by atoms with Gasteiger partial charge in [-0.25, -0.2) is 0 Å². The highest BCUT2D eigenvalue weighted by atomic mass is 28.3. The molecule has 0 amide bonds. The molecule has 34 heavy (non-hydrogen) atoms. The Balaban J connectivity index is 2.85. The Morgan fingerprint density at radius 2 is 0.735 bits per heavy atom. The second-order valence-electron chi connectivity index (χ2n) is 13.8. The summed E-state index contributed by atoms with van der Waals surface area (Å²) in [5, 5.41) is 10.6. The molecule has 0 aliphatic heterocycles. The molecule has 0 aliphatic rings. The van der Waals surface area contributed by atoms with Crippen molar-refractivity contribution in [2.24, 2.45) is 10.8 Å². The highest BCUT2D eigenvalue weighted by molar-refractivity contribution is 6.84. The lowest BCUT2D eigenvalue weighted by molar-refractivity contribution is 0.528. The summed E-state index contributed by atoms with van der Waals surface area (Å²) < 4.78 is 0.